The van der Waals surface area contributed by atoms with Gasteiger partial charge in [0, 0.05) is 12.5 Å². The van der Waals surface area contributed by atoms with Crippen LogP contribution in [-0.2, 0) is 6.42 Å². The van der Waals surface area contributed by atoms with Gasteiger partial charge in [0.05, 0.1) is 17.9 Å². The number of Topliss-reactive ketones (excluding diaryl/α,β-unsaturated/α-hetero) is 1. The van der Waals surface area contributed by atoms with E-state index in [-0.39, 0.29) is 23.5 Å². The number of carbonyl (C=O) groups excluding carboxylic acids is 1. The fourth-order valence-electron chi connectivity index (χ4n) is 1.22. The number of aromatic nitrogens is 2. The fraction of sp³-hybridized carbons (Fsp3) is 0.100. The van der Waals surface area contributed by atoms with Crippen molar-refractivity contribution >= 4 is 17.5 Å². The maximum absolute atomic E-state index is 13.2. The standard InChI is InChI=1S/C10H6F2N2OS/c11-7-2-1-6(8(12)4-7)3-10(15)9-5-13-16-14-9/h1-2,4-5H,3H2. The zero-order chi connectivity index (χ0) is 11.5. The van der Waals surface area contributed by atoms with E-state index in [0.717, 1.165) is 23.9 Å². The predicted molar refractivity (Wildman–Crippen MR) is 54.3 cm³/mol. The Labute approximate surface area is 94.1 Å². The van der Waals surface area contributed by atoms with E-state index in [1.54, 1.807) is 0 Å². The fourth-order valence-corrected chi connectivity index (χ4v) is 1.65. The van der Waals surface area contributed by atoms with Gasteiger partial charge in [-0.3, -0.25) is 4.79 Å². The smallest absolute Gasteiger partial charge is 0.188 e. The molecule has 0 amide bonds. The van der Waals surface area contributed by atoms with Crippen LogP contribution in [0.4, 0.5) is 8.78 Å². The SMILES string of the molecule is O=C(Cc1ccc(F)cc1F)c1cnsn1. The number of hydrogen-bond acceptors (Lipinski definition) is 4. The lowest BCUT2D eigenvalue weighted by atomic mass is 10.1. The summed E-state index contributed by atoms with van der Waals surface area (Å²) >= 11 is 0.911. The number of halogens is 2. The molecule has 82 valence electrons. The first kappa shape index (κ1) is 10.8. The van der Waals surface area contributed by atoms with Gasteiger partial charge in [0.25, 0.3) is 0 Å². The molecule has 0 atom stereocenters. The van der Waals surface area contributed by atoms with Crippen molar-refractivity contribution < 1.29 is 13.6 Å². The highest BCUT2D eigenvalue weighted by molar-refractivity contribution is 6.99. The van der Waals surface area contributed by atoms with E-state index in [1.165, 1.54) is 12.3 Å². The molecule has 0 unspecified atom stereocenters. The second kappa shape index (κ2) is 4.44. The number of benzene rings is 1. The topological polar surface area (TPSA) is 42.9 Å². The van der Waals surface area contributed by atoms with Crippen molar-refractivity contribution in [2.75, 3.05) is 0 Å². The summed E-state index contributed by atoms with van der Waals surface area (Å²) in [6.45, 7) is 0. The van der Waals surface area contributed by atoms with Crippen LogP contribution in [0.3, 0.4) is 0 Å². The van der Waals surface area contributed by atoms with E-state index in [1.807, 2.05) is 0 Å². The lowest BCUT2D eigenvalue weighted by molar-refractivity contribution is 0.0988. The van der Waals surface area contributed by atoms with Crippen molar-refractivity contribution in [2.24, 2.45) is 0 Å². The molecule has 1 aromatic carbocycles. The van der Waals surface area contributed by atoms with E-state index in [0.29, 0.717) is 0 Å². The van der Waals surface area contributed by atoms with Crippen LogP contribution in [0.25, 0.3) is 0 Å². The third-order valence-electron chi connectivity index (χ3n) is 2.01. The van der Waals surface area contributed by atoms with E-state index in [4.69, 9.17) is 0 Å². The van der Waals surface area contributed by atoms with Gasteiger partial charge < -0.3 is 0 Å². The Kier molecular flexibility index (Phi) is 3.00. The average molecular weight is 240 g/mol. The van der Waals surface area contributed by atoms with Crippen molar-refractivity contribution in [2.45, 2.75) is 6.42 Å². The molecular weight excluding hydrogens is 234 g/mol. The van der Waals surface area contributed by atoms with Crippen LogP contribution in [0, 0.1) is 11.6 Å². The Morgan fingerprint density at radius 2 is 2.19 bits per heavy atom. The van der Waals surface area contributed by atoms with E-state index in [2.05, 4.69) is 8.75 Å². The van der Waals surface area contributed by atoms with Gasteiger partial charge in [-0.2, -0.15) is 8.75 Å². The Balaban J connectivity index is 2.18. The van der Waals surface area contributed by atoms with Gasteiger partial charge in [0.1, 0.15) is 17.3 Å². The average Bonchev–Trinajstić information content (AvgIpc) is 2.75. The molecule has 1 heterocycles. The summed E-state index contributed by atoms with van der Waals surface area (Å²) in [7, 11) is 0. The number of ketones is 1. The first-order chi connectivity index (χ1) is 7.66. The van der Waals surface area contributed by atoms with Gasteiger partial charge in [-0.05, 0) is 11.6 Å². The monoisotopic (exact) mass is 240 g/mol. The minimum absolute atomic E-state index is 0.141. The molecule has 1 aromatic heterocycles. The molecule has 2 aromatic rings. The molecule has 0 aliphatic heterocycles. The number of hydrogen-bond donors (Lipinski definition) is 0. The van der Waals surface area contributed by atoms with Crippen molar-refractivity contribution in [3.05, 3.63) is 47.3 Å². The third kappa shape index (κ3) is 2.27. The van der Waals surface area contributed by atoms with Crippen LogP contribution in [-0.4, -0.2) is 14.5 Å². The summed E-state index contributed by atoms with van der Waals surface area (Å²) in [4.78, 5) is 11.6. The summed E-state index contributed by atoms with van der Waals surface area (Å²) in [6, 6.07) is 3.12. The maximum Gasteiger partial charge on any atom is 0.188 e. The lowest BCUT2D eigenvalue weighted by Gasteiger charge is -2.00. The molecule has 6 heteroatoms. The zero-order valence-corrected chi connectivity index (χ0v) is 8.80. The van der Waals surface area contributed by atoms with Crippen molar-refractivity contribution in [3.63, 3.8) is 0 Å². The molecule has 0 aliphatic rings. The van der Waals surface area contributed by atoms with Crippen LogP contribution < -0.4 is 0 Å². The van der Waals surface area contributed by atoms with Crippen LogP contribution >= 0.6 is 11.7 Å². The molecule has 0 N–H and O–H groups in total. The molecule has 0 saturated carbocycles. The first-order valence-corrected chi connectivity index (χ1v) is 5.14. The van der Waals surface area contributed by atoms with Gasteiger partial charge >= 0.3 is 0 Å². The Hall–Kier alpha value is -1.69. The molecule has 0 spiro atoms. The van der Waals surface area contributed by atoms with Crippen LogP contribution in [0.5, 0.6) is 0 Å². The zero-order valence-electron chi connectivity index (χ0n) is 7.98. The van der Waals surface area contributed by atoms with Gasteiger partial charge in [0.2, 0.25) is 0 Å². The third-order valence-corrected chi connectivity index (χ3v) is 2.49. The summed E-state index contributed by atoms with van der Waals surface area (Å²) in [5.41, 5.74) is 0.355. The Morgan fingerprint density at radius 3 is 2.81 bits per heavy atom. The molecule has 0 bridgehead atoms. The highest BCUT2D eigenvalue weighted by Crippen LogP contribution is 2.12. The molecule has 0 fully saturated rings. The maximum atomic E-state index is 13.2. The van der Waals surface area contributed by atoms with Crippen LogP contribution in [0.15, 0.2) is 24.4 Å². The molecule has 0 saturated heterocycles. The minimum Gasteiger partial charge on any atom is -0.292 e. The van der Waals surface area contributed by atoms with Gasteiger partial charge in [0.15, 0.2) is 5.78 Å². The van der Waals surface area contributed by atoms with E-state index in [9.17, 15) is 13.6 Å². The predicted octanol–water partition coefficient (Wildman–Crippen LogP) is 2.24. The summed E-state index contributed by atoms with van der Waals surface area (Å²) in [5, 5.41) is 0. The quantitative estimate of drug-likeness (QED) is 0.773. The highest BCUT2D eigenvalue weighted by atomic mass is 32.1. The van der Waals surface area contributed by atoms with Gasteiger partial charge in [-0.15, -0.1) is 0 Å². The first-order valence-electron chi connectivity index (χ1n) is 4.41. The Morgan fingerprint density at radius 1 is 1.38 bits per heavy atom. The molecule has 0 aliphatic carbocycles. The second-order valence-electron chi connectivity index (χ2n) is 3.13. The summed E-state index contributed by atoms with van der Waals surface area (Å²) in [6.07, 6.45) is 1.19. The molecular formula is C10H6F2N2OS. The molecule has 3 nitrogen and oxygen atoms in total. The normalized spacial score (nSPS) is 10.4. The minimum atomic E-state index is -0.725. The highest BCUT2D eigenvalue weighted by Gasteiger charge is 2.13. The summed E-state index contributed by atoms with van der Waals surface area (Å²) < 4.78 is 33.3. The number of nitrogens with zero attached hydrogens (tertiary/aromatic N) is 2. The van der Waals surface area contributed by atoms with Crippen LogP contribution in [0.1, 0.15) is 16.1 Å². The van der Waals surface area contributed by atoms with Crippen LogP contribution in [0.2, 0.25) is 0 Å². The van der Waals surface area contributed by atoms with E-state index >= 15 is 0 Å². The van der Waals surface area contributed by atoms with E-state index < -0.39 is 11.6 Å². The lowest BCUT2D eigenvalue weighted by Crippen LogP contribution is -2.05. The second-order valence-corrected chi connectivity index (χ2v) is 3.69. The summed E-state index contributed by atoms with van der Waals surface area (Å²) in [5.74, 6) is -1.72. The largest absolute Gasteiger partial charge is 0.292 e. The molecule has 2 rings (SSSR count). The number of carbonyl (C=O) groups is 1. The Bertz CT molecular complexity index is 514. The van der Waals surface area contributed by atoms with Gasteiger partial charge in [-0.25, -0.2) is 8.78 Å². The molecule has 0 radical (unpaired) electrons. The van der Waals surface area contributed by atoms with Crippen molar-refractivity contribution in [3.8, 4) is 0 Å². The molecule has 16 heavy (non-hydrogen) atoms. The van der Waals surface area contributed by atoms with Crippen molar-refractivity contribution in [1.29, 1.82) is 0 Å². The van der Waals surface area contributed by atoms with Crippen molar-refractivity contribution in [1.82, 2.24) is 8.75 Å². The number of rotatable bonds is 3. The van der Waals surface area contributed by atoms with Gasteiger partial charge in [-0.1, -0.05) is 6.07 Å².